The van der Waals surface area contributed by atoms with Gasteiger partial charge in [0.15, 0.2) is 15.6 Å². The van der Waals surface area contributed by atoms with E-state index in [-0.39, 0.29) is 0 Å². The molecule has 5 heteroatoms. The third-order valence-corrected chi connectivity index (χ3v) is 4.97. The fourth-order valence-electron chi connectivity index (χ4n) is 1.21. The Bertz CT molecular complexity index is 518. The molecule has 1 aromatic rings. The molecule has 0 aliphatic heterocycles. The second-order valence-electron chi connectivity index (χ2n) is 3.89. The lowest BCUT2D eigenvalue weighted by atomic mass is 10.1. The molecule has 0 saturated carbocycles. The number of aryl methyl sites for hydroxylation is 1. The van der Waals surface area contributed by atoms with Crippen molar-refractivity contribution < 1.29 is 13.2 Å². The highest BCUT2D eigenvalue weighted by Crippen LogP contribution is 2.26. The summed E-state index contributed by atoms with van der Waals surface area (Å²) in [7, 11) is -3.65. The summed E-state index contributed by atoms with van der Waals surface area (Å²) in [5.74, 6) is -0.597. The summed E-state index contributed by atoms with van der Waals surface area (Å²) >= 11 is 5.81. The van der Waals surface area contributed by atoms with E-state index in [4.69, 9.17) is 11.6 Å². The number of hydrogen-bond acceptors (Lipinski definition) is 3. The third kappa shape index (κ3) is 2.44. The molecule has 1 atom stereocenters. The zero-order valence-electron chi connectivity index (χ0n) is 9.32. The molecule has 1 rings (SSSR count). The molecule has 1 aromatic carbocycles. The summed E-state index contributed by atoms with van der Waals surface area (Å²) in [6.07, 6.45) is 0.952. The van der Waals surface area contributed by atoms with Gasteiger partial charge < -0.3 is 0 Å². The lowest BCUT2D eigenvalue weighted by Crippen LogP contribution is -2.37. The van der Waals surface area contributed by atoms with E-state index in [0.717, 1.165) is 11.8 Å². The first-order valence-corrected chi connectivity index (χ1v) is 6.93. The molecular weight excluding hydrogens is 248 g/mol. The van der Waals surface area contributed by atoms with E-state index < -0.39 is 19.8 Å². The van der Waals surface area contributed by atoms with Gasteiger partial charge in [-0.2, -0.15) is 0 Å². The van der Waals surface area contributed by atoms with Crippen molar-refractivity contribution >= 4 is 27.2 Å². The SMILES string of the molecule is Cc1cccc(C(=O)[C@@](C)(Cl)S(C)(=O)=O)c1. The molecule has 0 N–H and O–H groups in total. The summed E-state index contributed by atoms with van der Waals surface area (Å²) in [6, 6.07) is 6.69. The van der Waals surface area contributed by atoms with E-state index in [2.05, 4.69) is 0 Å². The molecule has 0 amide bonds. The number of carbonyl (C=O) groups excluding carboxylic acids is 1. The van der Waals surface area contributed by atoms with E-state index in [0.29, 0.717) is 5.56 Å². The minimum atomic E-state index is -3.65. The van der Waals surface area contributed by atoms with Gasteiger partial charge in [-0.15, -0.1) is 0 Å². The number of hydrogen-bond donors (Lipinski definition) is 0. The minimum absolute atomic E-state index is 0.308. The Morgan fingerprint density at radius 2 is 1.94 bits per heavy atom. The van der Waals surface area contributed by atoms with Crippen LogP contribution in [0.3, 0.4) is 0 Å². The van der Waals surface area contributed by atoms with Crippen LogP contribution in [0.25, 0.3) is 0 Å². The highest BCUT2D eigenvalue weighted by molar-refractivity contribution is 7.94. The van der Waals surface area contributed by atoms with Crippen molar-refractivity contribution in [3.8, 4) is 0 Å². The van der Waals surface area contributed by atoms with Crippen LogP contribution in [0.4, 0.5) is 0 Å². The number of carbonyl (C=O) groups is 1. The number of ketones is 1. The van der Waals surface area contributed by atoms with E-state index in [1.807, 2.05) is 13.0 Å². The molecule has 0 radical (unpaired) electrons. The first-order valence-electron chi connectivity index (χ1n) is 4.66. The molecule has 3 nitrogen and oxygen atoms in total. The van der Waals surface area contributed by atoms with Crippen LogP contribution in [-0.2, 0) is 9.84 Å². The minimum Gasteiger partial charge on any atom is -0.291 e. The summed E-state index contributed by atoms with van der Waals surface area (Å²) in [6.45, 7) is 3.03. The van der Waals surface area contributed by atoms with Crippen LogP contribution >= 0.6 is 11.6 Å². The van der Waals surface area contributed by atoms with E-state index in [9.17, 15) is 13.2 Å². The first-order chi connectivity index (χ1) is 7.16. The zero-order chi connectivity index (χ0) is 12.6. The number of rotatable bonds is 3. The molecule has 0 spiro atoms. The Labute approximate surface area is 100 Å². The van der Waals surface area contributed by atoms with Crippen LogP contribution in [0.15, 0.2) is 24.3 Å². The summed E-state index contributed by atoms with van der Waals surface area (Å²) in [4.78, 5) is 12.0. The fraction of sp³-hybridized carbons (Fsp3) is 0.364. The number of alkyl halides is 1. The fourth-order valence-corrected chi connectivity index (χ4v) is 1.78. The number of benzene rings is 1. The van der Waals surface area contributed by atoms with Crippen molar-refractivity contribution in [3.05, 3.63) is 35.4 Å². The molecule has 0 fully saturated rings. The van der Waals surface area contributed by atoms with Crippen LogP contribution in [0, 0.1) is 6.92 Å². The summed E-state index contributed by atoms with van der Waals surface area (Å²) in [5, 5.41) is 0. The Hall–Kier alpha value is -0.870. The summed E-state index contributed by atoms with van der Waals surface area (Å²) < 4.78 is 20.9. The van der Waals surface area contributed by atoms with Gasteiger partial charge in [-0.1, -0.05) is 35.4 Å². The van der Waals surface area contributed by atoms with E-state index in [1.54, 1.807) is 18.2 Å². The molecule has 0 saturated heterocycles. The Kier molecular flexibility index (Phi) is 3.45. The van der Waals surface area contributed by atoms with Crippen molar-refractivity contribution in [1.82, 2.24) is 0 Å². The molecular formula is C11H13ClO3S. The maximum absolute atomic E-state index is 12.0. The van der Waals surface area contributed by atoms with Gasteiger partial charge in [0.2, 0.25) is 4.21 Å². The molecule has 0 unspecified atom stereocenters. The monoisotopic (exact) mass is 260 g/mol. The highest BCUT2D eigenvalue weighted by atomic mass is 35.5. The van der Waals surface area contributed by atoms with Crippen molar-refractivity contribution in [2.45, 2.75) is 18.1 Å². The zero-order valence-corrected chi connectivity index (χ0v) is 10.9. The number of sulfone groups is 1. The maximum atomic E-state index is 12.0. The molecule has 0 heterocycles. The number of halogens is 1. The Morgan fingerprint density at radius 1 is 1.38 bits per heavy atom. The smallest absolute Gasteiger partial charge is 0.204 e. The van der Waals surface area contributed by atoms with Crippen LogP contribution in [0.1, 0.15) is 22.8 Å². The van der Waals surface area contributed by atoms with Crippen LogP contribution < -0.4 is 0 Å². The lowest BCUT2D eigenvalue weighted by Gasteiger charge is -2.18. The molecule has 0 aromatic heterocycles. The Balaban J connectivity index is 3.23. The van der Waals surface area contributed by atoms with Gasteiger partial charge >= 0.3 is 0 Å². The van der Waals surface area contributed by atoms with E-state index in [1.165, 1.54) is 6.92 Å². The Morgan fingerprint density at radius 3 is 2.38 bits per heavy atom. The van der Waals surface area contributed by atoms with Gasteiger partial charge in [0.25, 0.3) is 0 Å². The molecule has 16 heavy (non-hydrogen) atoms. The summed E-state index contributed by atoms with van der Waals surface area (Å²) in [5.41, 5.74) is 1.19. The van der Waals surface area contributed by atoms with Gasteiger partial charge in [0.05, 0.1) is 0 Å². The van der Waals surface area contributed by atoms with E-state index >= 15 is 0 Å². The predicted octanol–water partition coefficient (Wildman–Crippen LogP) is 2.18. The van der Waals surface area contributed by atoms with Gasteiger partial charge in [-0.05, 0) is 19.9 Å². The van der Waals surface area contributed by atoms with Crippen LogP contribution in [0.2, 0.25) is 0 Å². The van der Waals surface area contributed by atoms with Gasteiger partial charge in [0.1, 0.15) is 0 Å². The normalized spacial score (nSPS) is 15.5. The van der Waals surface area contributed by atoms with Gasteiger partial charge in [0, 0.05) is 11.8 Å². The third-order valence-electron chi connectivity index (χ3n) is 2.38. The standard InChI is InChI=1S/C11H13ClO3S/c1-8-5-4-6-9(7-8)10(13)11(2,12)16(3,14)15/h4-7H,1-3H3/t11-/m0/s1. The van der Waals surface area contributed by atoms with Crippen LogP contribution in [-0.4, -0.2) is 24.7 Å². The van der Waals surface area contributed by atoms with Gasteiger partial charge in [-0.3, -0.25) is 4.79 Å². The quantitative estimate of drug-likeness (QED) is 0.618. The van der Waals surface area contributed by atoms with Crippen molar-refractivity contribution in [1.29, 1.82) is 0 Å². The topological polar surface area (TPSA) is 51.2 Å². The van der Waals surface area contributed by atoms with Crippen molar-refractivity contribution in [2.75, 3.05) is 6.26 Å². The number of Topliss-reactive ketones (excluding diaryl/α,β-unsaturated/α-hetero) is 1. The van der Waals surface area contributed by atoms with Crippen LogP contribution in [0.5, 0.6) is 0 Å². The van der Waals surface area contributed by atoms with Gasteiger partial charge in [-0.25, -0.2) is 8.42 Å². The average molecular weight is 261 g/mol. The highest BCUT2D eigenvalue weighted by Gasteiger charge is 2.41. The first kappa shape index (κ1) is 13.2. The predicted molar refractivity (Wildman–Crippen MR) is 64.6 cm³/mol. The largest absolute Gasteiger partial charge is 0.291 e. The van der Waals surface area contributed by atoms with Crippen molar-refractivity contribution in [3.63, 3.8) is 0 Å². The van der Waals surface area contributed by atoms with Crippen molar-refractivity contribution in [2.24, 2.45) is 0 Å². The second kappa shape index (κ2) is 4.18. The molecule has 0 aliphatic rings. The molecule has 88 valence electrons. The molecule has 0 aliphatic carbocycles. The molecule has 0 bridgehead atoms. The average Bonchev–Trinajstić information content (AvgIpc) is 2.14. The lowest BCUT2D eigenvalue weighted by molar-refractivity contribution is 0.0978. The maximum Gasteiger partial charge on any atom is 0.204 e. The second-order valence-corrected chi connectivity index (χ2v) is 7.23.